The molecule has 4 heteroatoms. The lowest BCUT2D eigenvalue weighted by atomic mass is 10.0. The molecule has 1 heterocycles. The highest BCUT2D eigenvalue weighted by molar-refractivity contribution is 5.82. The van der Waals surface area contributed by atoms with Gasteiger partial charge in [0.05, 0.1) is 6.10 Å². The Morgan fingerprint density at radius 3 is 2.74 bits per heavy atom. The number of aliphatic hydroxyl groups excluding tert-OH is 1. The minimum absolute atomic E-state index is 0.128. The van der Waals surface area contributed by atoms with Gasteiger partial charge >= 0.3 is 0 Å². The molecule has 0 spiro atoms. The predicted molar refractivity (Wildman–Crippen MR) is 77.2 cm³/mol. The molecule has 1 aromatic carbocycles. The summed E-state index contributed by atoms with van der Waals surface area (Å²) in [4.78, 5) is 14.1. The molecule has 0 unspecified atom stereocenters. The number of aromatic nitrogens is 1. The fourth-order valence-electron chi connectivity index (χ4n) is 2.12. The van der Waals surface area contributed by atoms with Crippen LogP contribution >= 0.6 is 0 Å². The van der Waals surface area contributed by atoms with Gasteiger partial charge in [0.2, 0.25) is 5.56 Å². The van der Waals surface area contributed by atoms with Crippen LogP contribution in [-0.2, 0) is 0 Å². The summed E-state index contributed by atoms with van der Waals surface area (Å²) in [6.07, 6.45) is -0.576. The molecule has 1 aromatic heterocycles. The Morgan fingerprint density at radius 1 is 1.21 bits per heavy atom. The van der Waals surface area contributed by atoms with Gasteiger partial charge in [-0.1, -0.05) is 26.0 Å². The van der Waals surface area contributed by atoms with Crippen LogP contribution in [0.3, 0.4) is 0 Å². The van der Waals surface area contributed by atoms with E-state index in [1.165, 1.54) is 6.07 Å². The lowest BCUT2D eigenvalue weighted by molar-refractivity contribution is 0.175. The van der Waals surface area contributed by atoms with E-state index in [0.29, 0.717) is 12.5 Å². The van der Waals surface area contributed by atoms with Crippen LogP contribution in [0.25, 0.3) is 10.9 Å². The summed E-state index contributed by atoms with van der Waals surface area (Å²) >= 11 is 0. The summed E-state index contributed by atoms with van der Waals surface area (Å²) in [6.45, 7) is 5.64. The third kappa shape index (κ3) is 3.43. The van der Waals surface area contributed by atoms with Gasteiger partial charge in [-0.15, -0.1) is 0 Å². The van der Waals surface area contributed by atoms with Crippen molar-refractivity contribution in [3.8, 4) is 0 Å². The number of H-pyrrole nitrogens is 1. The van der Waals surface area contributed by atoms with Crippen molar-refractivity contribution in [2.24, 2.45) is 5.92 Å². The highest BCUT2D eigenvalue weighted by Crippen LogP contribution is 2.21. The van der Waals surface area contributed by atoms with Crippen LogP contribution < -0.4 is 10.9 Å². The van der Waals surface area contributed by atoms with Gasteiger partial charge in [0, 0.05) is 23.5 Å². The van der Waals surface area contributed by atoms with Crippen molar-refractivity contribution in [2.45, 2.75) is 20.0 Å². The third-order valence-electron chi connectivity index (χ3n) is 3.05. The van der Waals surface area contributed by atoms with Crippen LogP contribution in [0.4, 0.5) is 0 Å². The van der Waals surface area contributed by atoms with Crippen LogP contribution in [-0.4, -0.2) is 23.2 Å². The molecule has 0 fully saturated rings. The highest BCUT2D eigenvalue weighted by Gasteiger charge is 2.11. The van der Waals surface area contributed by atoms with E-state index in [4.69, 9.17) is 0 Å². The second-order valence-corrected chi connectivity index (χ2v) is 5.20. The van der Waals surface area contributed by atoms with E-state index in [2.05, 4.69) is 24.1 Å². The number of benzene rings is 1. The molecule has 1 atom stereocenters. The smallest absolute Gasteiger partial charge is 0.248 e. The highest BCUT2D eigenvalue weighted by atomic mass is 16.3. The van der Waals surface area contributed by atoms with Crippen molar-refractivity contribution < 1.29 is 5.11 Å². The van der Waals surface area contributed by atoms with Crippen molar-refractivity contribution in [3.05, 3.63) is 46.2 Å². The number of aliphatic hydroxyl groups is 1. The number of hydrogen-bond donors (Lipinski definition) is 3. The molecule has 0 saturated carbocycles. The Kier molecular flexibility index (Phi) is 4.35. The molecule has 3 N–H and O–H groups in total. The second-order valence-electron chi connectivity index (χ2n) is 5.20. The average Bonchev–Trinajstić information content (AvgIpc) is 2.37. The molecule has 0 aliphatic carbocycles. The Morgan fingerprint density at radius 2 is 2.00 bits per heavy atom. The average molecular weight is 260 g/mol. The summed E-state index contributed by atoms with van der Waals surface area (Å²) in [5, 5.41) is 14.4. The quantitative estimate of drug-likeness (QED) is 0.768. The summed E-state index contributed by atoms with van der Waals surface area (Å²) in [5.41, 5.74) is 1.47. The van der Waals surface area contributed by atoms with Crippen LogP contribution in [0.15, 0.2) is 35.1 Å². The molecule has 102 valence electrons. The molecule has 0 amide bonds. The topological polar surface area (TPSA) is 65.1 Å². The SMILES string of the molecule is CC(C)CNC[C@H](O)c1cccc2[nH]c(=O)ccc12. The van der Waals surface area contributed by atoms with Crippen molar-refractivity contribution in [2.75, 3.05) is 13.1 Å². The van der Waals surface area contributed by atoms with E-state index in [0.717, 1.165) is 23.0 Å². The van der Waals surface area contributed by atoms with E-state index < -0.39 is 6.10 Å². The van der Waals surface area contributed by atoms with E-state index in [1.54, 1.807) is 6.07 Å². The Balaban J connectivity index is 2.22. The largest absolute Gasteiger partial charge is 0.387 e. The lowest BCUT2D eigenvalue weighted by Crippen LogP contribution is -2.25. The molecule has 19 heavy (non-hydrogen) atoms. The van der Waals surface area contributed by atoms with Crippen LogP contribution in [0.5, 0.6) is 0 Å². The first-order valence-electron chi connectivity index (χ1n) is 6.58. The molecule has 0 aliphatic rings. The van der Waals surface area contributed by atoms with Gasteiger partial charge < -0.3 is 15.4 Å². The first-order chi connectivity index (χ1) is 9.08. The summed E-state index contributed by atoms with van der Waals surface area (Å²) in [6, 6.07) is 8.82. The zero-order valence-corrected chi connectivity index (χ0v) is 11.3. The lowest BCUT2D eigenvalue weighted by Gasteiger charge is -2.15. The number of pyridine rings is 1. The molecular weight excluding hydrogens is 240 g/mol. The predicted octanol–water partition coefficient (Wildman–Crippen LogP) is 1.81. The number of hydrogen-bond acceptors (Lipinski definition) is 3. The maximum Gasteiger partial charge on any atom is 0.248 e. The Labute approximate surface area is 112 Å². The second kappa shape index (κ2) is 5.99. The molecular formula is C15H20N2O2. The molecule has 0 aliphatic heterocycles. The van der Waals surface area contributed by atoms with Gasteiger partial charge in [0.15, 0.2) is 0 Å². The maximum atomic E-state index is 11.3. The molecule has 0 bridgehead atoms. The van der Waals surface area contributed by atoms with E-state index >= 15 is 0 Å². The minimum atomic E-state index is -0.576. The number of fused-ring (bicyclic) bond motifs is 1. The van der Waals surface area contributed by atoms with Gasteiger partial charge in [-0.3, -0.25) is 4.79 Å². The van der Waals surface area contributed by atoms with Crippen molar-refractivity contribution in [1.82, 2.24) is 10.3 Å². The fourth-order valence-corrected chi connectivity index (χ4v) is 2.12. The third-order valence-corrected chi connectivity index (χ3v) is 3.05. The zero-order chi connectivity index (χ0) is 13.8. The number of nitrogens with one attached hydrogen (secondary N) is 2. The minimum Gasteiger partial charge on any atom is -0.387 e. The van der Waals surface area contributed by atoms with E-state index in [-0.39, 0.29) is 5.56 Å². The summed E-state index contributed by atoms with van der Waals surface area (Å²) < 4.78 is 0. The van der Waals surface area contributed by atoms with Gasteiger partial charge in [0.25, 0.3) is 0 Å². The normalized spacial score (nSPS) is 13.1. The number of aromatic amines is 1. The van der Waals surface area contributed by atoms with Gasteiger partial charge in [0.1, 0.15) is 0 Å². The molecule has 4 nitrogen and oxygen atoms in total. The maximum absolute atomic E-state index is 11.3. The Bertz CT molecular complexity index is 604. The summed E-state index contributed by atoms with van der Waals surface area (Å²) in [5.74, 6) is 0.552. The van der Waals surface area contributed by atoms with Crippen LogP contribution in [0.1, 0.15) is 25.5 Å². The first-order valence-corrected chi connectivity index (χ1v) is 6.58. The van der Waals surface area contributed by atoms with Crippen molar-refractivity contribution in [1.29, 1.82) is 0 Å². The monoisotopic (exact) mass is 260 g/mol. The van der Waals surface area contributed by atoms with Crippen LogP contribution in [0, 0.1) is 5.92 Å². The van der Waals surface area contributed by atoms with Gasteiger partial charge in [-0.2, -0.15) is 0 Å². The molecule has 2 aromatic rings. The van der Waals surface area contributed by atoms with Gasteiger partial charge in [-0.25, -0.2) is 0 Å². The first kappa shape index (κ1) is 13.8. The van der Waals surface area contributed by atoms with E-state index in [1.807, 2.05) is 18.2 Å². The zero-order valence-electron chi connectivity index (χ0n) is 11.3. The van der Waals surface area contributed by atoms with Gasteiger partial charge in [-0.05, 0) is 30.2 Å². The van der Waals surface area contributed by atoms with Crippen LogP contribution in [0.2, 0.25) is 0 Å². The van der Waals surface area contributed by atoms with Crippen molar-refractivity contribution >= 4 is 10.9 Å². The fraction of sp³-hybridized carbons (Fsp3) is 0.400. The van der Waals surface area contributed by atoms with E-state index in [9.17, 15) is 9.90 Å². The summed E-state index contributed by atoms with van der Waals surface area (Å²) in [7, 11) is 0. The molecule has 0 radical (unpaired) electrons. The molecule has 0 saturated heterocycles. The molecule has 2 rings (SSSR count). The number of rotatable bonds is 5. The standard InChI is InChI=1S/C15H20N2O2/c1-10(2)8-16-9-14(18)12-4-3-5-13-11(12)6-7-15(19)17-13/h3-7,10,14,16,18H,8-9H2,1-2H3,(H,17,19)/t14-/m0/s1. The van der Waals surface area contributed by atoms with Crippen molar-refractivity contribution in [3.63, 3.8) is 0 Å². The Hall–Kier alpha value is -1.65.